The van der Waals surface area contributed by atoms with Crippen molar-refractivity contribution in [3.05, 3.63) is 16.3 Å². The first-order valence-electron chi connectivity index (χ1n) is 10.7. The largest absolute Gasteiger partial charge is 0.391 e. The van der Waals surface area contributed by atoms with Crippen molar-refractivity contribution < 1.29 is 9.84 Å². The van der Waals surface area contributed by atoms with Crippen molar-refractivity contribution in [3.63, 3.8) is 0 Å². The number of morpholine rings is 1. The van der Waals surface area contributed by atoms with Crippen LogP contribution >= 0.6 is 11.3 Å². The highest BCUT2D eigenvalue weighted by Crippen LogP contribution is 2.41. The van der Waals surface area contributed by atoms with E-state index in [9.17, 15) is 5.11 Å². The maximum Gasteiger partial charge on any atom is 0.146 e. The Morgan fingerprint density at radius 2 is 2.04 bits per heavy atom. The summed E-state index contributed by atoms with van der Waals surface area (Å²) in [5, 5.41) is 11.5. The summed E-state index contributed by atoms with van der Waals surface area (Å²) in [6, 6.07) is 0. The van der Waals surface area contributed by atoms with Gasteiger partial charge < -0.3 is 14.7 Å². The first-order valence-corrected chi connectivity index (χ1v) is 11.5. The molecule has 1 aliphatic carbocycles. The molecular formula is C21H30N4O2S. The first-order chi connectivity index (χ1) is 13.7. The van der Waals surface area contributed by atoms with Gasteiger partial charge >= 0.3 is 0 Å². The molecule has 0 aromatic carbocycles. The van der Waals surface area contributed by atoms with E-state index in [0.717, 1.165) is 87.5 Å². The van der Waals surface area contributed by atoms with Crippen LogP contribution in [0.5, 0.6) is 0 Å². The molecule has 3 aliphatic rings. The van der Waals surface area contributed by atoms with E-state index in [1.807, 2.05) is 11.3 Å². The van der Waals surface area contributed by atoms with Crippen molar-refractivity contribution in [1.29, 1.82) is 0 Å². The summed E-state index contributed by atoms with van der Waals surface area (Å²) < 4.78 is 5.49. The number of hydrogen-bond acceptors (Lipinski definition) is 7. The number of fused-ring (bicyclic) bond motifs is 3. The SMILES string of the molecule is C[C@H]1CCc2c(sc3nc(CN4CCOCC4)nc(N4CCC[C@H](O)C4)c23)C1. The Labute approximate surface area is 170 Å². The van der Waals surface area contributed by atoms with E-state index in [4.69, 9.17) is 14.7 Å². The molecule has 152 valence electrons. The Hall–Kier alpha value is -1.28. The zero-order valence-corrected chi connectivity index (χ0v) is 17.5. The maximum absolute atomic E-state index is 10.3. The summed E-state index contributed by atoms with van der Waals surface area (Å²) in [6.07, 6.45) is 5.20. The van der Waals surface area contributed by atoms with E-state index in [2.05, 4.69) is 16.7 Å². The van der Waals surface area contributed by atoms with Crippen LogP contribution in [-0.2, 0) is 24.1 Å². The predicted octanol–water partition coefficient (Wildman–Crippen LogP) is 2.61. The maximum atomic E-state index is 10.3. The van der Waals surface area contributed by atoms with Crippen molar-refractivity contribution >= 4 is 27.4 Å². The number of anilines is 1. The lowest BCUT2D eigenvalue weighted by Gasteiger charge is -2.32. The second-order valence-electron chi connectivity index (χ2n) is 8.63. The van der Waals surface area contributed by atoms with E-state index in [0.29, 0.717) is 6.54 Å². The molecule has 4 heterocycles. The number of aryl methyl sites for hydroxylation is 1. The van der Waals surface area contributed by atoms with Gasteiger partial charge in [0, 0.05) is 31.1 Å². The average molecular weight is 403 g/mol. The van der Waals surface area contributed by atoms with Crippen molar-refractivity contribution in [2.24, 2.45) is 5.92 Å². The zero-order chi connectivity index (χ0) is 19.1. The van der Waals surface area contributed by atoms with Crippen molar-refractivity contribution in [1.82, 2.24) is 14.9 Å². The van der Waals surface area contributed by atoms with Crippen LogP contribution in [0.15, 0.2) is 0 Å². The van der Waals surface area contributed by atoms with Crippen LogP contribution in [0.2, 0.25) is 0 Å². The van der Waals surface area contributed by atoms with Gasteiger partial charge in [-0.2, -0.15) is 0 Å². The molecule has 0 bridgehead atoms. The summed E-state index contributed by atoms with van der Waals surface area (Å²) in [4.78, 5) is 17.4. The highest BCUT2D eigenvalue weighted by Gasteiger charge is 2.28. The summed E-state index contributed by atoms with van der Waals surface area (Å²) in [6.45, 7) is 8.25. The molecule has 0 amide bonds. The fraction of sp³-hybridized carbons (Fsp3) is 0.714. The topological polar surface area (TPSA) is 61.7 Å². The van der Waals surface area contributed by atoms with Gasteiger partial charge in [0.15, 0.2) is 0 Å². The zero-order valence-electron chi connectivity index (χ0n) is 16.7. The predicted molar refractivity (Wildman–Crippen MR) is 112 cm³/mol. The van der Waals surface area contributed by atoms with Gasteiger partial charge in [0.05, 0.1) is 31.2 Å². The van der Waals surface area contributed by atoms with Crippen LogP contribution in [-0.4, -0.2) is 65.5 Å². The molecule has 0 radical (unpaired) electrons. The normalized spacial score (nSPS) is 26.6. The molecule has 2 saturated heterocycles. The van der Waals surface area contributed by atoms with Crippen LogP contribution in [0.4, 0.5) is 5.82 Å². The Balaban J connectivity index is 1.56. The van der Waals surface area contributed by atoms with Gasteiger partial charge in [-0.3, -0.25) is 4.90 Å². The number of aliphatic hydroxyl groups excluding tert-OH is 1. The van der Waals surface area contributed by atoms with Crippen molar-refractivity contribution in [2.45, 2.75) is 51.7 Å². The number of aromatic nitrogens is 2. The first kappa shape index (κ1) is 18.7. The number of piperidine rings is 1. The molecule has 2 fully saturated rings. The molecule has 1 N–H and O–H groups in total. The highest BCUT2D eigenvalue weighted by molar-refractivity contribution is 7.19. The molecule has 6 nitrogen and oxygen atoms in total. The van der Waals surface area contributed by atoms with Crippen LogP contribution in [0.25, 0.3) is 10.2 Å². The Morgan fingerprint density at radius 1 is 1.18 bits per heavy atom. The average Bonchev–Trinajstić information content (AvgIpc) is 3.05. The lowest BCUT2D eigenvalue weighted by atomic mass is 9.89. The second-order valence-corrected chi connectivity index (χ2v) is 9.71. The third-order valence-corrected chi connectivity index (χ3v) is 7.50. The molecule has 5 rings (SSSR count). The molecule has 2 atom stereocenters. The highest BCUT2D eigenvalue weighted by atomic mass is 32.1. The van der Waals surface area contributed by atoms with Crippen molar-refractivity contribution in [3.8, 4) is 0 Å². The molecule has 2 aromatic rings. The summed E-state index contributed by atoms with van der Waals surface area (Å²) in [7, 11) is 0. The van der Waals surface area contributed by atoms with Gasteiger partial charge in [0.25, 0.3) is 0 Å². The second kappa shape index (κ2) is 7.86. The number of ether oxygens (including phenoxy) is 1. The number of thiophene rings is 1. The molecule has 0 saturated carbocycles. The van der Waals surface area contributed by atoms with Gasteiger partial charge in [-0.25, -0.2) is 9.97 Å². The minimum absolute atomic E-state index is 0.254. The van der Waals surface area contributed by atoms with Crippen LogP contribution in [0, 0.1) is 5.92 Å². The van der Waals surface area contributed by atoms with Gasteiger partial charge in [-0.1, -0.05) is 6.92 Å². The Kier molecular flexibility index (Phi) is 5.26. The van der Waals surface area contributed by atoms with E-state index in [-0.39, 0.29) is 6.10 Å². The third kappa shape index (κ3) is 3.65. The molecule has 0 spiro atoms. The van der Waals surface area contributed by atoms with Gasteiger partial charge in [-0.05, 0) is 43.6 Å². The molecule has 2 aromatic heterocycles. The van der Waals surface area contributed by atoms with E-state index >= 15 is 0 Å². The molecule has 28 heavy (non-hydrogen) atoms. The number of hydrogen-bond donors (Lipinski definition) is 1. The number of rotatable bonds is 3. The minimum atomic E-state index is -0.254. The Bertz CT molecular complexity index is 849. The van der Waals surface area contributed by atoms with Crippen LogP contribution < -0.4 is 4.90 Å². The van der Waals surface area contributed by atoms with E-state index in [1.165, 1.54) is 22.2 Å². The summed E-state index contributed by atoms with van der Waals surface area (Å²) >= 11 is 1.88. The molecule has 2 aliphatic heterocycles. The lowest BCUT2D eigenvalue weighted by molar-refractivity contribution is 0.0331. The molecule has 7 heteroatoms. The molecule has 0 unspecified atom stereocenters. The quantitative estimate of drug-likeness (QED) is 0.852. The van der Waals surface area contributed by atoms with E-state index in [1.54, 1.807) is 0 Å². The van der Waals surface area contributed by atoms with E-state index < -0.39 is 0 Å². The third-order valence-electron chi connectivity index (χ3n) is 6.35. The fourth-order valence-electron chi connectivity index (χ4n) is 4.77. The summed E-state index contributed by atoms with van der Waals surface area (Å²) in [5.74, 6) is 2.73. The monoisotopic (exact) mass is 402 g/mol. The Morgan fingerprint density at radius 3 is 2.86 bits per heavy atom. The number of β-amino-alcohol motifs (C(OH)–C–C–N with tert-alkyl or cyclic N) is 1. The van der Waals surface area contributed by atoms with Gasteiger partial charge in [0.2, 0.25) is 0 Å². The number of nitrogens with zero attached hydrogens (tertiary/aromatic N) is 4. The van der Waals surface area contributed by atoms with Crippen molar-refractivity contribution in [2.75, 3.05) is 44.3 Å². The summed E-state index contributed by atoms with van der Waals surface area (Å²) in [5.41, 5.74) is 1.48. The van der Waals surface area contributed by atoms with Crippen LogP contribution in [0.3, 0.4) is 0 Å². The number of aliphatic hydroxyl groups is 1. The lowest BCUT2D eigenvalue weighted by Crippen LogP contribution is -2.39. The fourth-order valence-corrected chi connectivity index (χ4v) is 6.17. The van der Waals surface area contributed by atoms with Crippen LogP contribution in [0.1, 0.15) is 42.5 Å². The molecular weight excluding hydrogens is 372 g/mol. The minimum Gasteiger partial charge on any atom is -0.391 e. The standard InChI is InChI=1S/C21H30N4O2S/c1-14-4-5-16-17(11-14)28-21-19(16)20(25-6-2-3-15(26)12-25)22-18(23-21)13-24-7-9-27-10-8-24/h14-15,26H,2-13H2,1H3/t14-,15-/m0/s1. The van der Waals surface area contributed by atoms with Gasteiger partial charge in [-0.15, -0.1) is 11.3 Å². The van der Waals surface area contributed by atoms with Gasteiger partial charge in [0.1, 0.15) is 16.5 Å². The smallest absolute Gasteiger partial charge is 0.146 e.